The lowest BCUT2D eigenvalue weighted by Crippen LogP contribution is -2.23. The lowest BCUT2D eigenvalue weighted by Gasteiger charge is -2.06. The molecular weight excluding hydrogens is 439 g/mol. The summed E-state index contributed by atoms with van der Waals surface area (Å²) < 4.78 is 1.84. The number of nitrogens with zero attached hydrogens (tertiary/aromatic N) is 1. The van der Waals surface area contributed by atoms with E-state index in [1.807, 2.05) is 24.4 Å². The van der Waals surface area contributed by atoms with Gasteiger partial charge in [-0.05, 0) is 63.1 Å². The normalized spacial score (nSPS) is 10.5. The summed E-state index contributed by atoms with van der Waals surface area (Å²) in [7, 11) is 0. The van der Waals surface area contributed by atoms with Crippen molar-refractivity contribution in [1.82, 2.24) is 10.3 Å². The lowest BCUT2D eigenvalue weighted by molar-refractivity contribution is 0.0950. The van der Waals surface area contributed by atoms with Crippen LogP contribution < -0.4 is 5.32 Å². The topological polar surface area (TPSA) is 42.0 Å². The van der Waals surface area contributed by atoms with Gasteiger partial charge >= 0.3 is 0 Å². The summed E-state index contributed by atoms with van der Waals surface area (Å²) in [5, 5.41) is 3.83. The van der Waals surface area contributed by atoms with Crippen LogP contribution in [0.25, 0.3) is 0 Å². The number of nitrogens with one attached hydrogen (secondary N) is 1. The number of halogens is 2. The summed E-state index contributed by atoms with van der Waals surface area (Å²) in [5.41, 5.74) is 0.652. The molecule has 0 unspecified atom stereocenters. The van der Waals surface area contributed by atoms with Gasteiger partial charge < -0.3 is 5.32 Å². The third-order valence-corrected chi connectivity index (χ3v) is 5.03. The highest BCUT2D eigenvalue weighted by Crippen LogP contribution is 2.20. The first-order valence-corrected chi connectivity index (χ1v) is 8.45. The minimum atomic E-state index is -0.0846. The molecule has 19 heavy (non-hydrogen) atoms. The minimum Gasteiger partial charge on any atom is -0.345 e. The second-order valence-electron chi connectivity index (χ2n) is 3.88. The molecule has 1 aromatic carbocycles. The number of hydrogen-bond donors (Lipinski definition) is 1. The molecule has 0 aliphatic rings. The van der Waals surface area contributed by atoms with Gasteiger partial charge in [0.2, 0.25) is 0 Å². The molecule has 0 aliphatic heterocycles. The van der Waals surface area contributed by atoms with Crippen molar-refractivity contribution in [2.24, 2.45) is 0 Å². The van der Waals surface area contributed by atoms with Crippen LogP contribution in [0.1, 0.15) is 27.2 Å². The highest BCUT2D eigenvalue weighted by atomic mass is 127. The molecule has 0 fully saturated rings. The number of rotatable bonds is 4. The Morgan fingerprint density at radius 3 is 3.00 bits per heavy atom. The fourth-order valence-corrected chi connectivity index (χ4v) is 3.24. The Labute approximate surface area is 138 Å². The molecule has 100 valence electrons. The Morgan fingerprint density at radius 2 is 2.32 bits per heavy atom. The number of aromatic nitrogens is 1. The second kappa shape index (κ2) is 6.81. The molecule has 2 aromatic rings. The highest BCUT2D eigenvalue weighted by molar-refractivity contribution is 14.1. The summed E-state index contributed by atoms with van der Waals surface area (Å²) in [4.78, 5) is 17.6. The van der Waals surface area contributed by atoms with Crippen molar-refractivity contribution < 1.29 is 4.79 Å². The van der Waals surface area contributed by atoms with Crippen LogP contribution in [0.5, 0.6) is 0 Å². The Balaban J connectivity index is 2.03. The number of amides is 1. The number of carbonyl (C=O) groups excluding carboxylic acids is 1. The van der Waals surface area contributed by atoms with Gasteiger partial charge in [0.15, 0.2) is 0 Å². The zero-order chi connectivity index (χ0) is 13.8. The lowest BCUT2D eigenvalue weighted by atomic mass is 10.2. The number of benzene rings is 1. The van der Waals surface area contributed by atoms with Crippen LogP contribution in [0.2, 0.25) is 0 Å². The van der Waals surface area contributed by atoms with Gasteiger partial charge in [-0.3, -0.25) is 4.79 Å². The molecule has 0 bridgehead atoms. The molecule has 0 spiro atoms. The van der Waals surface area contributed by atoms with E-state index in [0.29, 0.717) is 12.1 Å². The number of aryl methyl sites for hydroxylation is 1. The molecule has 1 N–H and O–H groups in total. The van der Waals surface area contributed by atoms with Crippen LogP contribution in [0.15, 0.2) is 28.9 Å². The van der Waals surface area contributed by atoms with Crippen LogP contribution in [0.3, 0.4) is 0 Å². The van der Waals surface area contributed by atoms with Crippen molar-refractivity contribution in [1.29, 1.82) is 0 Å². The van der Waals surface area contributed by atoms with E-state index in [0.717, 1.165) is 19.5 Å². The Morgan fingerprint density at radius 1 is 1.53 bits per heavy atom. The van der Waals surface area contributed by atoms with E-state index >= 15 is 0 Å². The zero-order valence-corrected chi connectivity index (χ0v) is 14.8. The molecule has 6 heteroatoms. The van der Waals surface area contributed by atoms with E-state index < -0.39 is 0 Å². The summed E-state index contributed by atoms with van der Waals surface area (Å²) in [5.74, 6) is -0.0846. The largest absolute Gasteiger partial charge is 0.345 e. The van der Waals surface area contributed by atoms with Crippen molar-refractivity contribution in [3.05, 3.63) is 47.9 Å². The van der Waals surface area contributed by atoms with Gasteiger partial charge in [-0.25, -0.2) is 4.98 Å². The molecule has 0 aliphatic carbocycles. The quantitative estimate of drug-likeness (QED) is 0.715. The Hall–Kier alpha value is -0.470. The van der Waals surface area contributed by atoms with Gasteiger partial charge in [0.05, 0.1) is 12.1 Å². The van der Waals surface area contributed by atoms with Gasteiger partial charge in [-0.1, -0.05) is 6.92 Å². The second-order valence-corrected chi connectivity index (χ2v) is 7.18. The molecule has 2 rings (SSSR count). The third kappa shape index (κ3) is 4.00. The zero-order valence-electron chi connectivity index (χ0n) is 10.2. The van der Waals surface area contributed by atoms with Crippen molar-refractivity contribution in [3.63, 3.8) is 0 Å². The van der Waals surface area contributed by atoms with Gasteiger partial charge in [0.25, 0.3) is 5.91 Å². The van der Waals surface area contributed by atoms with Crippen molar-refractivity contribution in [2.45, 2.75) is 19.9 Å². The smallest absolute Gasteiger partial charge is 0.252 e. The Kier molecular flexibility index (Phi) is 5.35. The summed E-state index contributed by atoms with van der Waals surface area (Å²) in [6.07, 6.45) is 2.85. The molecule has 0 saturated carbocycles. The maximum absolute atomic E-state index is 12.1. The van der Waals surface area contributed by atoms with Crippen LogP contribution in [-0.2, 0) is 13.0 Å². The van der Waals surface area contributed by atoms with E-state index in [1.54, 1.807) is 11.3 Å². The molecule has 0 radical (unpaired) electrons. The molecule has 1 heterocycles. The average Bonchev–Trinajstić information content (AvgIpc) is 2.87. The van der Waals surface area contributed by atoms with Gasteiger partial charge in [0, 0.05) is 19.1 Å². The molecular formula is C13H12BrIN2OS. The van der Waals surface area contributed by atoms with Gasteiger partial charge in [-0.15, -0.1) is 11.3 Å². The first-order chi connectivity index (χ1) is 9.10. The summed E-state index contributed by atoms with van der Waals surface area (Å²) in [6, 6.07) is 5.70. The first kappa shape index (κ1) is 14.9. The SMILES string of the molecule is CCc1cnc(CNC(=O)c2cc(I)ccc2Br)s1. The van der Waals surface area contributed by atoms with Crippen LogP contribution >= 0.6 is 49.9 Å². The maximum Gasteiger partial charge on any atom is 0.252 e. The molecule has 1 aromatic heterocycles. The van der Waals surface area contributed by atoms with Crippen LogP contribution in [0, 0.1) is 3.57 Å². The van der Waals surface area contributed by atoms with Crippen molar-refractivity contribution in [3.8, 4) is 0 Å². The van der Waals surface area contributed by atoms with Crippen molar-refractivity contribution >= 4 is 55.8 Å². The molecule has 1 amide bonds. The monoisotopic (exact) mass is 450 g/mol. The summed E-state index contributed by atoms with van der Waals surface area (Å²) in [6.45, 7) is 2.57. The Bertz CT molecular complexity index is 600. The highest BCUT2D eigenvalue weighted by Gasteiger charge is 2.11. The molecule has 0 atom stereocenters. The third-order valence-electron chi connectivity index (χ3n) is 2.52. The average molecular weight is 451 g/mol. The van der Waals surface area contributed by atoms with E-state index in [2.05, 4.69) is 55.7 Å². The molecule has 3 nitrogen and oxygen atoms in total. The van der Waals surface area contributed by atoms with E-state index in [-0.39, 0.29) is 5.91 Å². The van der Waals surface area contributed by atoms with Crippen molar-refractivity contribution in [2.75, 3.05) is 0 Å². The number of carbonyl (C=O) groups is 1. The van der Waals surface area contributed by atoms with E-state index in [1.165, 1.54) is 4.88 Å². The molecule has 0 saturated heterocycles. The van der Waals surface area contributed by atoms with Crippen LogP contribution in [0.4, 0.5) is 0 Å². The van der Waals surface area contributed by atoms with E-state index in [4.69, 9.17) is 0 Å². The number of hydrogen-bond acceptors (Lipinski definition) is 3. The van der Waals surface area contributed by atoms with Gasteiger partial charge in [0.1, 0.15) is 5.01 Å². The predicted molar refractivity (Wildman–Crippen MR) is 89.5 cm³/mol. The van der Waals surface area contributed by atoms with E-state index in [9.17, 15) is 4.79 Å². The predicted octanol–water partition coefficient (Wildman–Crippen LogP) is 4.00. The minimum absolute atomic E-state index is 0.0846. The summed E-state index contributed by atoms with van der Waals surface area (Å²) >= 11 is 7.23. The first-order valence-electron chi connectivity index (χ1n) is 5.77. The van der Waals surface area contributed by atoms with Crippen LogP contribution in [-0.4, -0.2) is 10.9 Å². The fraction of sp³-hybridized carbons (Fsp3) is 0.231. The fourth-order valence-electron chi connectivity index (χ4n) is 1.52. The number of thiazole rings is 1. The maximum atomic E-state index is 12.1. The van der Waals surface area contributed by atoms with Gasteiger partial charge in [-0.2, -0.15) is 0 Å². The standard InChI is InChI=1S/C13H12BrIN2OS/c1-2-9-6-16-12(19-9)7-17-13(18)10-5-8(15)3-4-11(10)14/h3-6H,2,7H2,1H3,(H,17,18).